The van der Waals surface area contributed by atoms with Crippen molar-refractivity contribution in [2.24, 2.45) is 5.73 Å². The van der Waals surface area contributed by atoms with Crippen LogP contribution in [0.25, 0.3) is 0 Å². The second-order valence-electron chi connectivity index (χ2n) is 6.69. The van der Waals surface area contributed by atoms with E-state index in [1.165, 1.54) is 0 Å². The standard InChI is InChI=1S/C19H29N3O2.ClH/c1-3-19(20,4-2)14-21-18(24)16-11-8-12-22(16)17(23)13-15-9-6-5-7-10-15;/h5-7,9-10,16H,3-4,8,11-14,20H2,1-2H3,(H,21,24);1H. The predicted molar refractivity (Wildman–Crippen MR) is 103 cm³/mol. The van der Waals surface area contributed by atoms with E-state index in [0.717, 1.165) is 31.2 Å². The van der Waals surface area contributed by atoms with Crippen LogP contribution in [0.15, 0.2) is 30.3 Å². The molecule has 1 aromatic carbocycles. The van der Waals surface area contributed by atoms with Gasteiger partial charge in [0.25, 0.3) is 0 Å². The molecule has 0 radical (unpaired) electrons. The van der Waals surface area contributed by atoms with Gasteiger partial charge in [0.1, 0.15) is 6.04 Å². The van der Waals surface area contributed by atoms with E-state index in [0.29, 0.717) is 19.5 Å². The van der Waals surface area contributed by atoms with Gasteiger partial charge >= 0.3 is 0 Å². The lowest BCUT2D eigenvalue weighted by Crippen LogP contribution is -2.53. The number of halogens is 1. The Balaban J connectivity index is 0.00000312. The van der Waals surface area contributed by atoms with E-state index in [9.17, 15) is 9.59 Å². The summed E-state index contributed by atoms with van der Waals surface area (Å²) in [4.78, 5) is 26.8. The van der Waals surface area contributed by atoms with Gasteiger partial charge < -0.3 is 16.0 Å². The first-order chi connectivity index (χ1) is 11.5. The van der Waals surface area contributed by atoms with Crippen LogP contribution in [-0.4, -0.2) is 41.4 Å². The van der Waals surface area contributed by atoms with E-state index >= 15 is 0 Å². The van der Waals surface area contributed by atoms with Gasteiger partial charge in [-0.05, 0) is 31.2 Å². The molecule has 2 amide bonds. The zero-order valence-electron chi connectivity index (χ0n) is 15.2. The van der Waals surface area contributed by atoms with Crippen molar-refractivity contribution in [2.45, 2.75) is 57.5 Å². The summed E-state index contributed by atoms with van der Waals surface area (Å²) in [6.07, 6.45) is 3.56. The molecule has 1 fully saturated rings. The van der Waals surface area contributed by atoms with Crippen LogP contribution in [0.4, 0.5) is 0 Å². The minimum Gasteiger partial charge on any atom is -0.352 e. The molecule has 25 heavy (non-hydrogen) atoms. The molecular formula is C19H30ClN3O2. The van der Waals surface area contributed by atoms with Crippen LogP contribution in [-0.2, 0) is 16.0 Å². The third-order valence-electron chi connectivity index (χ3n) is 5.10. The first-order valence-electron chi connectivity index (χ1n) is 8.89. The molecule has 1 aliphatic rings. The molecule has 1 unspecified atom stereocenters. The van der Waals surface area contributed by atoms with Crippen molar-refractivity contribution >= 4 is 24.2 Å². The highest BCUT2D eigenvalue weighted by molar-refractivity contribution is 5.89. The zero-order chi connectivity index (χ0) is 17.6. The van der Waals surface area contributed by atoms with Crippen LogP contribution in [0.5, 0.6) is 0 Å². The number of carbonyl (C=O) groups excluding carboxylic acids is 2. The molecule has 0 spiro atoms. The smallest absolute Gasteiger partial charge is 0.242 e. The Bertz CT molecular complexity index is 561. The fourth-order valence-corrected chi connectivity index (χ4v) is 3.09. The zero-order valence-corrected chi connectivity index (χ0v) is 16.0. The van der Waals surface area contributed by atoms with Gasteiger partial charge in [-0.15, -0.1) is 12.4 Å². The van der Waals surface area contributed by atoms with Crippen LogP contribution in [0.3, 0.4) is 0 Å². The Hall–Kier alpha value is -1.59. The minimum atomic E-state index is -0.368. The fraction of sp³-hybridized carbons (Fsp3) is 0.579. The molecular weight excluding hydrogens is 338 g/mol. The highest BCUT2D eigenvalue weighted by Crippen LogP contribution is 2.19. The van der Waals surface area contributed by atoms with Gasteiger partial charge in [-0.25, -0.2) is 0 Å². The number of carbonyl (C=O) groups is 2. The molecule has 2 rings (SSSR count). The van der Waals surface area contributed by atoms with Crippen LogP contribution in [0, 0.1) is 0 Å². The average molecular weight is 368 g/mol. The number of benzene rings is 1. The van der Waals surface area contributed by atoms with E-state index < -0.39 is 0 Å². The summed E-state index contributed by atoms with van der Waals surface area (Å²) in [6, 6.07) is 9.29. The van der Waals surface area contributed by atoms with Gasteiger partial charge in [-0.1, -0.05) is 44.2 Å². The summed E-state index contributed by atoms with van der Waals surface area (Å²) in [5.41, 5.74) is 6.86. The van der Waals surface area contributed by atoms with E-state index in [4.69, 9.17) is 5.73 Å². The highest BCUT2D eigenvalue weighted by atomic mass is 35.5. The molecule has 1 aromatic rings. The van der Waals surface area contributed by atoms with E-state index in [-0.39, 0.29) is 35.8 Å². The van der Waals surface area contributed by atoms with Crippen molar-refractivity contribution in [3.8, 4) is 0 Å². The maximum absolute atomic E-state index is 12.6. The monoisotopic (exact) mass is 367 g/mol. The molecule has 1 heterocycles. The van der Waals surface area contributed by atoms with Gasteiger partial charge in [0, 0.05) is 18.6 Å². The number of likely N-dealkylation sites (tertiary alicyclic amines) is 1. The number of nitrogens with one attached hydrogen (secondary N) is 1. The summed E-state index contributed by atoms with van der Waals surface area (Å²) in [5.74, 6) is -0.0607. The molecule has 140 valence electrons. The van der Waals surface area contributed by atoms with E-state index in [1.54, 1.807) is 4.90 Å². The van der Waals surface area contributed by atoms with Crippen molar-refractivity contribution in [2.75, 3.05) is 13.1 Å². The van der Waals surface area contributed by atoms with Crippen molar-refractivity contribution in [1.29, 1.82) is 0 Å². The number of nitrogens with two attached hydrogens (primary N) is 1. The summed E-state index contributed by atoms with van der Waals surface area (Å²) in [6.45, 7) is 5.16. The topological polar surface area (TPSA) is 75.4 Å². The molecule has 5 nitrogen and oxygen atoms in total. The van der Waals surface area contributed by atoms with Gasteiger partial charge in [-0.2, -0.15) is 0 Å². The van der Waals surface area contributed by atoms with Gasteiger partial charge in [0.15, 0.2) is 0 Å². The molecule has 3 N–H and O–H groups in total. The van der Waals surface area contributed by atoms with Crippen LogP contribution in [0.2, 0.25) is 0 Å². The molecule has 1 saturated heterocycles. The Labute approximate surface area is 156 Å². The second-order valence-corrected chi connectivity index (χ2v) is 6.69. The lowest BCUT2D eigenvalue weighted by atomic mass is 9.94. The van der Waals surface area contributed by atoms with Gasteiger partial charge in [-0.3, -0.25) is 9.59 Å². The number of hydrogen-bond acceptors (Lipinski definition) is 3. The van der Waals surface area contributed by atoms with Crippen LogP contribution in [0.1, 0.15) is 45.1 Å². The first-order valence-corrected chi connectivity index (χ1v) is 8.89. The average Bonchev–Trinajstić information content (AvgIpc) is 3.10. The van der Waals surface area contributed by atoms with Crippen molar-refractivity contribution < 1.29 is 9.59 Å². The van der Waals surface area contributed by atoms with E-state index in [2.05, 4.69) is 5.32 Å². The second kappa shape index (κ2) is 9.78. The third kappa shape index (κ3) is 5.72. The fourth-order valence-electron chi connectivity index (χ4n) is 3.09. The Morgan fingerprint density at radius 1 is 1.24 bits per heavy atom. The minimum absolute atomic E-state index is 0. The summed E-state index contributed by atoms with van der Waals surface area (Å²) in [7, 11) is 0. The molecule has 1 atom stereocenters. The van der Waals surface area contributed by atoms with Gasteiger partial charge in [0.05, 0.1) is 6.42 Å². The van der Waals surface area contributed by atoms with Crippen molar-refractivity contribution in [3.05, 3.63) is 35.9 Å². The molecule has 0 aliphatic carbocycles. The third-order valence-corrected chi connectivity index (χ3v) is 5.10. The molecule has 0 saturated carbocycles. The Kier molecular flexibility index (Phi) is 8.39. The Morgan fingerprint density at radius 2 is 1.88 bits per heavy atom. The summed E-state index contributed by atoms with van der Waals surface area (Å²) >= 11 is 0. The number of nitrogens with zero attached hydrogens (tertiary/aromatic N) is 1. The molecule has 6 heteroatoms. The Morgan fingerprint density at radius 3 is 2.48 bits per heavy atom. The summed E-state index contributed by atoms with van der Waals surface area (Å²) < 4.78 is 0. The molecule has 0 bridgehead atoms. The first kappa shape index (κ1) is 21.5. The maximum atomic E-state index is 12.6. The SMILES string of the molecule is CCC(N)(CC)CNC(=O)C1CCCN1C(=O)Cc1ccccc1.Cl. The normalized spacial score (nSPS) is 17.1. The number of rotatable bonds is 7. The lowest BCUT2D eigenvalue weighted by Gasteiger charge is -2.29. The van der Waals surface area contributed by atoms with E-state index in [1.807, 2.05) is 44.2 Å². The quantitative estimate of drug-likeness (QED) is 0.776. The lowest BCUT2D eigenvalue weighted by molar-refractivity contribution is -0.138. The number of hydrogen-bond donors (Lipinski definition) is 2. The maximum Gasteiger partial charge on any atom is 0.242 e. The number of amides is 2. The molecule has 1 aliphatic heterocycles. The van der Waals surface area contributed by atoms with Gasteiger partial charge in [0.2, 0.25) is 11.8 Å². The highest BCUT2D eigenvalue weighted by Gasteiger charge is 2.34. The van der Waals surface area contributed by atoms with Crippen molar-refractivity contribution in [3.63, 3.8) is 0 Å². The van der Waals surface area contributed by atoms with Crippen LogP contribution < -0.4 is 11.1 Å². The predicted octanol–water partition coefficient (Wildman–Crippen LogP) is 2.28. The van der Waals surface area contributed by atoms with Crippen LogP contribution >= 0.6 is 12.4 Å². The largest absolute Gasteiger partial charge is 0.352 e. The van der Waals surface area contributed by atoms with Crippen molar-refractivity contribution in [1.82, 2.24) is 10.2 Å². The molecule has 0 aromatic heterocycles. The summed E-state index contributed by atoms with van der Waals surface area (Å²) in [5, 5.41) is 2.96.